The maximum Gasteiger partial charge on any atom is 0.145 e. The second-order valence-corrected chi connectivity index (χ2v) is 34.2. The second kappa shape index (κ2) is 25.9. The van der Waals surface area contributed by atoms with Gasteiger partial charge in [-0.1, -0.05) is 349 Å². The number of hydrogen-bond donors (Lipinski definition) is 1. The summed E-state index contributed by atoms with van der Waals surface area (Å²) in [6.07, 6.45) is 0. The van der Waals surface area contributed by atoms with Gasteiger partial charge >= 0.3 is 0 Å². The molecule has 4 nitrogen and oxygen atoms in total. The van der Waals surface area contributed by atoms with E-state index in [2.05, 4.69) is 413 Å². The molecule has 0 unspecified atom stereocenters. The molecule has 4 aliphatic carbocycles. The van der Waals surface area contributed by atoms with Crippen molar-refractivity contribution < 1.29 is 8.83 Å². The van der Waals surface area contributed by atoms with E-state index in [1.54, 1.807) is 0 Å². The topological polar surface area (TPSA) is 41.6 Å². The average Bonchev–Trinajstić information content (AvgIpc) is 1.50. The van der Waals surface area contributed by atoms with Crippen LogP contribution < -0.4 is 10.2 Å². The van der Waals surface area contributed by atoms with Crippen LogP contribution in [-0.2, 0) is 21.7 Å². The first-order valence-electron chi connectivity index (χ1n) is 40.1. The van der Waals surface area contributed by atoms with E-state index in [4.69, 9.17) is 8.83 Å². The van der Waals surface area contributed by atoms with Crippen LogP contribution >= 0.6 is 15.9 Å². The van der Waals surface area contributed by atoms with Crippen LogP contribution in [-0.4, -0.2) is 0 Å². The highest BCUT2D eigenvalue weighted by atomic mass is 79.9. The minimum absolute atomic E-state index is 0.0324. The van der Waals surface area contributed by atoms with Gasteiger partial charge < -0.3 is 19.1 Å². The zero-order chi connectivity index (χ0) is 77.2. The first kappa shape index (κ1) is 68.5. The highest BCUT2D eigenvalue weighted by molar-refractivity contribution is 9.10. The van der Waals surface area contributed by atoms with E-state index in [-0.39, 0.29) is 10.8 Å². The minimum Gasteiger partial charge on any atom is -0.455 e. The molecule has 0 radical (unpaired) electrons. The van der Waals surface area contributed by atoms with Crippen molar-refractivity contribution in [3.05, 3.63) is 424 Å². The van der Waals surface area contributed by atoms with Gasteiger partial charge in [0.2, 0.25) is 0 Å². The van der Waals surface area contributed by atoms with Gasteiger partial charge in [-0.05, 0) is 216 Å². The molecular formula is C110H79BrN2O2. The summed E-state index contributed by atoms with van der Waals surface area (Å²) < 4.78 is 15.2. The van der Waals surface area contributed by atoms with Gasteiger partial charge in [-0.25, -0.2) is 0 Å². The smallest absolute Gasteiger partial charge is 0.145 e. The molecule has 0 saturated carbocycles. The monoisotopic (exact) mass is 1540 g/mol. The third-order valence-electron chi connectivity index (χ3n) is 25.1. The molecule has 5 heteroatoms. The van der Waals surface area contributed by atoms with Gasteiger partial charge in [-0.3, -0.25) is 0 Å². The van der Waals surface area contributed by atoms with Gasteiger partial charge in [0.15, 0.2) is 0 Å². The molecule has 0 fully saturated rings. The lowest BCUT2D eigenvalue weighted by Crippen LogP contribution is -2.26. The van der Waals surface area contributed by atoms with Crippen LogP contribution in [0.2, 0.25) is 0 Å². The van der Waals surface area contributed by atoms with E-state index in [1.165, 1.54) is 143 Å². The lowest BCUT2D eigenvalue weighted by atomic mass is 9.69. The fraction of sp³-hybridized carbons (Fsp3) is 0.0909. The van der Waals surface area contributed by atoms with Crippen molar-refractivity contribution in [2.45, 2.75) is 63.2 Å². The molecule has 2 heterocycles. The van der Waals surface area contributed by atoms with Gasteiger partial charge in [0.1, 0.15) is 22.3 Å². The highest BCUT2D eigenvalue weighted by Gasteiger charge is 2.56. The van der Waals surface area contributed by atoms with Crippen molar-refractivity contribution in [2.75, 3.05) is 10.2 Å². The average molecular weight is 1540 g/mol. The Labute approximate surface area is 677 Å². The third kappa shape index (κ3) is 10.0. The fourth-order valence-corrected chi connectivity index (χ4v) is 20.9. The van der Waals surface area contributed by atoms with Crippen LogP contribution in [0.15, 0.2) is 377 Å². The number of furan rings is 2. The van der Waals surface area contributed by atoms with E-state index in [1.807, 2.05) is 18.2 Å². The largest absolute Gasteiger partial charge is 0.455 e. The molecule has 20 aromatic rings. The van der Waals surface area contributed by atoms with Gasteiger partial charge in [0.05, 0.1) is 21.9 Å². The van der Waals surface area contributed by atoms with Crippen molar-refractivity contribution in [3.63, 3.8) is 0 Å². The zero-order valence-corrected chi connectivity index (χ0v) is 66.4. The van der Waals surface area contributed by atoms with E-state index < -0.39 is 10.8 Å². The van der Waals surface area contributed by atoms with E-state index in [0.717, 1.165) is 76.8 Å². The van der Waals surface area contributed by atoms with Crippen molar-refractivity contribution >= 4 is 131 Å². The number of hydrogen-bond acceptors (Lipinski definition) is 4. The lowest BCUT2D eigenvalue weighted by Gasteiger charge is -2.33. The van der Waals surface area contributed by atoms with Gasteiger partial charge in [0.25, 0.3) is 0 Å². The van der Waals surface area contributed by atoms with Crippen LogP contribution in [0.5, 0.6) is 0 Å². The number of para-hydroxylation sites is 4. The molecule has 0 atom stereocenters. The van der Waals surface area contributed by atoms with Crippen LogP contribution in [0.3, 0.4) is 0 Å². The molecule has 548 valence electrons. The van der Waals surface area contributed by atoms with Gasteiger partial charge in [-0.2, -0.15) is 0 Å². The molecule has 0 bridgehead atoms. The number of anilines is 5. The Morgan fingerprint density at radius 1 is 0.278 bits per heavy atom. The van der Waals surface area contributed by atoms with E-state index in [9.17, 15) is 0 Å². The number of rotatable bonds is 5. The molecule has 0 aliphatic heterocycles. The predicted octanol–water partition coefficient (Wildman–Crippen LogP) is 30.7. The van der Waals surface area contributed by atoms with Crippen LogP contribution in [0, 0.1) is 0 Å². The van der Waals surface area contributed by atoms with Crippen molar-refractivity contribution in [1.29, 1.82) is 0 Å². The molecule has 24 rings (SSSR count). The van der Waals surface area contributed by atoms with Crippen LogP contribution in [0.4, 0.5) is 28.4 Å². The Balaban J connectivity index is 0.000000120. The Bertz CT molecular complexity index is 7310. The molecule has 0 amide bonds. The lowest BCUT2D eigenvalue weighted by molar-refractivity contribution is 0.590. The van der Waals surface area contributed by atoms with Crippen LogP contribution in [0.25, 0.3) is 131 Å². The standard InChI is InChI=1S/C55H39NO.C39H21BrO.C16H19N/c1-54(2,3)34-29-31-36(32-30-34)56(35-17-5-4-6-18-35)47-33-46-51(53-49(47)43-25-13-16-28-48(43)57-53)50-41-23-9-7-19-37(41)38-20-8-10-24-42(38)52(50)55(46)44-26-14-11-21-39(44)40-22-12-15-27-45(40)55;40-32-21-31-36(38-34(32)28-17-7-10-20-33(28)41-38)35-26-15-3-1-11-22(26)23-12-2-4-16-27(23)37(35)39(31)29-18-8-5-13-24(29)25-14-6-9-19-30(25)39;1-16(2,3)13-9-11-15(12-10-13)17-14-7-5-4-6-8-14/h4-33H,1-3H3;1-21H;4-12,17H,1-3H3. The summed E-state index contributed by atoms with van der Waals surface area (Å²) in [5.74, 6) is 0. The summed E-state index contributed by atoms with van der Waals surface area (Å²) in [6, 6.07) is 133. The summed E-state index contributed by atoms with van der Waals surface area (Å²) in [5, 5.41) is 18.1. The Morgan fingerprint density at radius 2 is 0.600 bits per heavy atom. The number of nitrogens with one attached hydrogen (secondary N) is 1. The second-order valence-electron chi connectivity index (χ2n) is 33.4. The predicted molar refractivity (Wildman–Crippen MR) is 486 cm³/mol. The SMILES string of the molecule is Brc1cc2c(c3oc4ccccc4c13)-c1c(c3ccccc3c3ccccc13)C21c2ccccc2-c2ccccc21.CC(C)(C)c1ccc(N(c2ccccc2)c2cc3c(c4oc5ccccc5c24)-c2c(c4ccccc4c4ccccc24)C32c3ccccc3-c3ccccc32)cc1.CC(C)(C)c1ccc(Nc2ccccc2)cc1. The quantitative estimate of drug-likeness (QED) is 0.174. The van der Waals surface area contributed by atoms with Crippen molar-refractivity contribution in [3.8, 4) is 44.5 Å². The number of nitrogens with zero attached hydrogens (tertiary/aromatic N) is 1. The third-order valence-corrected chi connectivity index (χ3v) is 25.7. The molecule has 2 aromatic heterocycles. The summed E-state index contributed by atoms with van der Waals surface area (Å²) >= 11 is 4.05. The summed E-state index contributed by atoms with van der Waals surface area (Å²) in [5.41, 5.74) is 31.7. The first-order valence-corrected chi connectivity index (χ1v) is 40.9. The summed E-state index contributed by atoms with van der Waals surface area (Å²) in [6.45, 7) is 13.5. The summed E-state index contributed by atoms with van der Waals surface area (Å²) in [4.78, 5) is 2.46. The molecule has 4 aliphatic rings. The van der Waals surface area contributed by atoms with E-state index >= 15 is 0 Å². The zero-order valence-electron chi connectivity index (χ0n) is 64.8. The Morgan fingerprint density at radius 3 is 1.04 bits per heavy atom. The summed E-state index contributed by atoms with van der Waals surface area (Å²) in [7, 11) is 0. The van der Waals surface area contributed by atoms with Gasteiger partial charge in [-0.15, -0.1) is 0 Å². The van der Waals surface area contributed by atoms with Gasteiger partial charge in [0, 0.05) is 54.5 Å². The van der Waals surface area contributed by atoms with Crippen molar-refractivity contribution in [1.82, 2.24) is 0 Å². The maximum absolute atomic E-state index is 7.29. The fourth-order valence-electron chi connectivity index (χ4n) is 20.3. The molecule has 18 aromatic carbocycles. The molecule has 2 spiro atoms. The number of benzene rings is 18. The first-order chi connectivity index (χ1) is 56.3. The van der Waals surface area contributed by atoms with E-state index in [0.29, 0.717) is 0 Å². The van der Waals surface area contributed by atoms with Crippen LogP contribution in [0.1, 0.15) is 97.2 Å². The maximum atomic E-state index is 7.29. The van der Waals surface area contributed by atoms with Crippen molar-refractivity contribution in [2.24, 2.45) is 0 Å². The Kier molecular flexibility index (Phi) is 15.4. The Hall–Kier alpha value is -13.3. The number of fused-ring (bicyclic) bond motifs is 38. The minimum atomic E-state index is -0.609. The highest BCUT2D eigenvalue weighted by Crippen LogP contribution is 2.70. The molecular weight excluding hydrogens is 1460 g/mol. The normalized spacial score (nSPS) is 13.5. The number of halogens is 1. The molecule has 1 N–H and O–H groups in total. The molecule has 115 heavy (non-hydrogen) atoms. The molecule has 0 saturated heterocycles.